The first-order chi connectivity index (χ1) is 4.84. The normalized spacial score (nSPS) is 10.7. The molecule has 1 rings (SSSR count). The van der Waals surface area contributed by atoms with E-state index in [4.69, 9.17) is 0 Å². The van der Waals surface area contributed by atoms with Crippen molar-refractivity contribution in [3.8, 4) is 0 Å². The summed E-state index contributed by atoms with van der Waals surface area (Å²) < 4.78 is 2.35. The van der Waals surface area contributed by atoms with Gasteiger partial charge in [-0.25, -0.2) is 0 Å². The van der Waals surface area contributed by atoms with E-state index in [1.807, 2.05) is 35.3 Å². The third-order valence-electron chi connectivity index (χ3n) is 1.21. The fourth-order valence-electron chi connectivity index (χ4n) is 0.665. The number of rotatable bonds is 2. The molecule has 0 fully saturated rings. The minimum atomic E-state index is -1.38. The predicted octanol–water partition coefficient (Wildman–Crippen LogP) is 2.18. The van der Waals surface area contributed by atoms with Crippen molar-refractivity contribution in [1.82, 2.24) is 0 Å². The molecule has 0 unspecified atom stereocenters. The van der Waals surface area contributed by atoms with Crippen LogP contribution in [0.2, 0.25) is 0 Å². The summed E-state index contributed by atoms with van der Waals surface area (Å²) in [5, 5.41) is 0. The summed E-state index contributed by atoms with van der Waals surface area (Å²) in [7, 11) is 0. The average molecular weight is 248 g/mol. The van der Waals surface area contributed by atoms with Crippen molar-refractivity contribution in [2.45, 2.75) is 0 Å². The van der Waals surface area contributed by atoms with E-state index in [-0.39, 0.29) is 0 Å². The van der Waals surface area contributed by atoms with Gasteiger partial charge in [0, 0.05) is 0 Å². The molecule has 1 nitrogen and oxygen atoms in total. The molecule has 0 saturated carbocycles. The van der Waals surface area contributed by atoms with Gasteiger partial charge in [0.2, 0.25) is 0 Å². The van der Waals surface area contributed by atoms with Crippen LogP contribution in [0, 0.1) is 3.57 Å². The van der Waals surface area contributed by atoms with Crippen molar-refractivity contribution >= 4 is 24.1 Å². The molecule has 1 aromatic rings. The summed E-state index contributed by atoms with van der Waals surface area (Å²) in [6, 6.07) is 9.98. The molecule has 0 aliphatic heterocycles. The van der Waals surface area contributed by atoms with Gasteiger partial charge in [0.1, 0.15) is 0 Å². The Morgan fingerprint density at radius 2 is 1.90 bits per heavy atom. The maximum atomic E-state index is 10.4. The third kappa shape index (κ3) is 1.80. The third-order valence-corrected chi connectivity index (χ3v) is 4.66. The summed E-state index contributed by atoms with van der Waals surface area (Å²) in [4.78, 5) is 12.4. The maximum absolute atomic E-state index is 10.4. The van der Waals surface area contributed by atoms with Gasteiger partial charge in [0.05, 0.1) is 0 Å². The molecular formula is C8H9IO. The summed E-state index contributed by atoms with van der Waals surface area (Å²) in [5.41, 5.74) is 0. The monoisotopic (exact) mass is 248 g/mol. The van der Waals surface area contributed by atoms with Crippen LogP contribution in [0.15, 0.2) is 30.3 Å². The molecular weight excluding hydrogens is 239 g/mol. The van der Waals surface area contributed by atoms with Crippen molar-refractivity contribution in [3.05, 3.63) is 33.9 Å². The van der Waals surface area contributed by atoms with E-state index in [0.29, 0.717) is 0 Å². The average Bonchev–Trinajstić information content (AvgIpc) is 2.05. The van der Waals surface area contributed by atoms with Gasteiger partial charge in [-0.2, -0.15) is 0 Å². The Hall–Kier alpha value is -0.380. The molecule has 10 heavy (non-hydrogen) atoms. The number of carbonyl (C=O) groups excluding carboxylic acids is 1. The predicted molar refractivity (Wildman–Crippen MR) is 51.8 cm³/mol. The Labute approximate surface area is 67.8 Å². The zero-order valence-corrected chi connectivity index (χ0v) is 7.91. The number of halogens is 1. The second-order valence-corrected chi connectivity index (χ2v) is 6.60. The molecule has 0 bridgehead atoms. The molecule has 1 aromatic carbocycles. The molecule has 0 aliphatic rings. The van der Waals surface area contributed by atoms with Gasteiger partial charge < -0.3 is 0 Å². The Morgan fingerprint density at radius 1 is 1.30 bits per heavy atom. The van der Waals surface area contributed by atoms with Crippen LogP contribution in [0.1, 0.15) is 0 Å². The first kappa shape index (κ1) is 7.72. The SMILES string of the molecule is CI(C=O)c1ccccc1. The van der Waals surface area contributed by atoms with E-state index < -0.39 is 19.8 Å². The van der Waals surface area contributed by atoms with Gasteiger partial charge in [-0.05, 0) is 0 Å². The zero-order valence-electron chi connectivity index (χ0n) is 5.75. The molecule has 0 radical (unpaired) electrons. The number of hydrogen-bond donors (Lipinski definition) is 0. The van der Waals surface area contributed by atoms with Crippen molar-refractivity contribution in [1.29, 1.82) is 0 Å². The van der Waals surface area contributed by atoms with Gasteiger partial charge in [-0.1, -0.05) is 0 Å². The van der Waals surface area contributed by atoms with E-state index >= 15 is 0 Å². The van der Waals surface area contributed by atoms with E-state index in [2.05, 4.69) is 0 Å². The molecule has 0 aromatic heterocycles. The van der Waals surface area contributed by atoms with Crippen LogP contribution in [-0.4, -0.2) is 9.22 Å². The van der Waals surface area contributed by atoms with Crippen LogP contribution < -0.4 is 0 Å². The van der Waals surface area contributed by atoms with Gasteiger partial charge in [-0.15, -0.1) is 0 Å². The van der Waals surface area contributed by atoms with Crippen LogP contribution in [0.25, 0.3) is 0 Å². The number of carbonyl (C=O) groups is 1. The van der Waals surface area contributed by atoms with Crippen molar-refractivity contribution < 1.29 is 4.79 Å². The second-order valence-electron chi connectivity index (χ2n) is 1.90. The summed E-state index contributed by atoms with van der Waals surface area (Å²) in [5.74, 6) is 0. The van der Waals surface area contributed by atoms with Crippen LogP contribution in [-0.2, 0) is 4.79 Å². The van der Waals surface area contributed by atoms with Gasteiger partial charge in [-0.3, -0.25) is 0 Å². The zero-order chi connectivity index (χ0) is 7.40. The van der Waals surface area contributed by atoms with Gasteiger partial charge >= 0.3 is 67.7 Å². The first-order valence-electron chi connectivity index (χ1n) is 2.93. The van der Waals surface area contributed by atoms with E-state index in [0.717, 1.165) is 4.29 Å². The topological polar surface area (TPSA) is 17.1 Å². The van der Waals surface area contributed by atoms with Gasteiger partial charge in [0.25, 0.3) is 0 Å². The minimum absolute atomic E-state index is 1.11. The molecule has 2 heteroatoms. The second kappa shape index (κ2) is 3.71. The summed E-state index contributed by atoms with van der Waals surface area (Å²) in [6.45, 7) is 0. The molecule has 54 valence electrons. The van der Waals surface area contributed by atoms with Gasteiger partial charge in [0.15, 0.2) is 0 Å². The quantitative estimate of drug-likeness (QED) is 0.339. The Bertz CT molecular complexity index is 208. The molecule has 0 spiro atoms. The van der Waals surface area contributed by atoms with E-state index in [1.165, 1.54) is 3.57 Å². The van der Waals surface area contributed by atoms with Crippen molar-refractivity contribution in [3.63, 3.8) is 0 Å². The molecule has 0 saturated heterocycles. The Morgan fingerprint density at radius 3 is 2.40 bits per heavy atom. The molecule has 0 amide bonds. The molecule has 0 aliphatic carbocycles. The van der Waals surface area contributed by atoms with Crippen LogP contribution in [0.5, 0.6) is 0 Å². The van der Waals surface area contributed by atoms with E-state index in [1.54, 1.807) is 0 Å². The number of benzene rings is 1. The van der Waals surface area contributed by atoms with E-state index in [9.17, 15) is 4.79 Å². The van der Waals surface area contributed by atoms with Crippen LogP contribution in [0.3, 0.4) is 0 Å². The first-order valence-corrected chi connectivity index (χ1v) is 7.41. The Balaban J connectivity index is 2.84. The number of hydrogen-bond acceptors (Lipinski definition) is 1. The fourth-order valence-corrected chi connectivity index (χ4v) is 2.51. The number of alkyl halides is 1. The fraction of sp³-hybridized carbons (Fsp3) is 0.125. The molecule has 0 atom stereocenters. The molecule has 0 heterocycles. The van der Waals surface area contributed by atoms with Crippen LogP contribution >= 0.6 is 19.8 Å². The Kier molecular flexibility index (Phi) is 2.86. The molecule has 0 N–H and O–H groups in total. The van der Waals surface area contributed by atoms with Crippen molar-refractivity contribution in [2.75, 3.05) is 4.93 Å². The summed E-state index contributed by atoms with van der Waals surface area (Å²) in [6.07, 6.45) is 0. The standard InChI is InChI=1S/C8H9IO/c1-9(7-10)8-5-3-2-4-6-8/h2-7H,1H3. The van der Waals surface area contributed by atoms with Crippen LogP contribution in [0.4, 0.5) is 0 Å². The van der Waals surface area contributed by atoms with Crippen molar-refractivity contribution in [2.24, 2.45) is 0 Å². The summed E-state index contributed by atoms with van der Waals surface area (Å²) >= 11 is -1.38.